The molecule has 21 heavy (non-hydrogen) atoms. The lowest BCUT2D eigenvalue weighted by Crippen LogP contribution is -2.60. The average Bonchev–Trinajstić information content (AvgIpc) is 2.45. The van der Waals surface area contributed by atoms with Crippen molar-refractivity contribution in [1.82, 2.24) is 5.32 Å². The van der Waals surface area contributed by atoms with Gasteiger partial charge in [-0.05, 0) is 24.0 Å². The van der Waals surface area contributed by atoms with Crippen LogP contribution in [-0.2, 0) is 0 Å². The molecule has 1 aromatic rings. The lowest BCUT2D eigenvalue weighted by molar-refractivity contribution is 0.295. The smallest absolute Gasteiger partial charge is 0.122 e. The highest BCUT2D eigenvalue weighted by atomic mass is 79.9. The summed E-state index contributed by atoms with van der Waals surface area (Å²) in [5.41, 5.74) is 1.24. The number of anilines is 1. The van der Waals surface area contributed by atoms with Gasteiger partial charge in [0.05, 0.1) is 7.11 Å². The van der Waals surface area contributed by atoms with Crippen molar-refractivity contribution < 1.29 is 4.74 Å². The number of hydrogen-bond acceptors (Lipinski definition) is 3. The lowest BCUT2D eigenvalue weighted by atomic mass is 9.93. The normalized spacial score (nSPS) is 23.0. The van der Waals surface area contributed by atoms with Gasteiger partial charge in [-0.15, -0.1) is 0 Å². The van der Waals surface area contributed by atoms with E-state index in [9.17, 15) is 0 Å². The molecule has 2 atom stereocenters. The van der Waals surface area contributed by atoms with E-state index in [-0.39, 0.29) is 0 Å². The molecule has 118 valence electrons. The van der Waals surface area contributed by atoms with Crippen LogP contribution in [0.2, 0.25) is 0 Å². The third-order valence-corrected chi connectivity index (χ3v) is 4.84. The van der Waals surface area contributed by atoms with Crippen LogP contribution in [0.1, 0.15) is 27.7 Å². The maximum Gasteiger partial charge on any atom is 0.122 e. The summed E-state index contributed by atoms with van der Waals surface area (Å²) in [6.07, 6.45) is 0. The molecule has 0 aromatic heterocycles. The van der Waals surface area contributed by atoms with Crippen molar-refractivity contribution in [3.63, 3.8) is 0 Å². The molecule has 1 saturated heterocycles. The van der Waals surface area contributed by atoms with Crippen molar-refractivity contribution in [3.8, 4) is 5.75 Å². The summed E-state index contributed by atoms with van der Waals surface area (Å²) in [6, 6.07) is 7.39. The monoisotopic (exact) mass is 354 g/mol. The summed E-state index contributed by atoms with van der Waals surface area (Å²) in [5, 5.41) is 3.71. The maximum atomic E-state index is 5.42. The molecular weight excluding hydrogens is 328 g/mol. The third-order valence-electron chi connectivity index (χ3n) is 4.38. The van der Waals surface area contributed by atoms with E-state index in [0.29, 0.717) is 23.9 Å². The molecule has 0 spiro atoms. The number of hydrogen-bond donors (Lipinski definition) is 1. The molecule has 1 heterocycles. The largest absolute Gasteiger partial charge is 0.497 e. The van der Waals surface area contributed by atoms with Crippen molar-refractivity contribution in [2.75, 3.05) is 25.1 Å². The minimum absolute atomic E-state index is 0.513. The Bertz CT molecular complexity index is 476. The SMILES string of the molecule is COc1cc(Br)cc(N2CC(C(C)C)NCC2C(C)C)c1. The Balaban J connectivity index is 2.32. The number of methoxy groups -OCH3 is 1. The van der Waals surface area contributed by atoms with E-state index < -0.39 is 0 Å². The lowest BCUT2D eigenvalue weighted by Gasteiger charge is -2.45. The first-order valence-corrected chi connectivity index (χ1v) is 8.56. The Morgan fingerprint density at radius 1 is 1.19 bits per heavy atom. The number of nitrogens with one attached hydrogen (secondary N) is 1. The molecule has 0 bridgehead atoms. The number of benzene rings is 1. The zero-order valence-electron chi connectivity index (χ0n) is 13.7. The zero-order valence-corrected chi connectivity index (χ0v) is 15.3. The van der Waals surface area contributed by atoms with Gasteiger partial charge in [0.15, 0.2) is 0 Å². The summed E-state index contributed by atoms with van der Waals surface area (Å²) in [4.78, 5) is 2.54. The number of piperazine rings is 1. The fourth-order valence-corrected chi connectivity index (χ4v) is 3.42. The molecular formula is C17H27BrN2O. The van der Waals surface area contributed by atoms with Crippen molar-refractivity contribution >= 4 is 21.6 Å². The first-order chi connectivity index (χ1) is 9.92. The number of nitrogens with zero attached hydrogens (tertiary/aromatic N) is 1. The summed E-state index contributed by atoms with van der Waals surface area (Å²) in [6.45, 7) is 11.2. The van der Waals surface area contributed by atoms with Crippen molar-refractivity contribution in [1.29, 1.82) is 0 Å². The predicted octanol–water partition coefficient (Wildman–Crippen LogP) is 3.92. The van der Waals surface area contributed by atoms with E-state index in [1.165, 1.54) is 5.69 Å². The van der Waals surface area contributed by atoms with Crippen LogP contribution in [0.25, 0.3) is 0 Å². The standard InChI is InChI=1S/C17H27BrN2O/c1-11(2)16-10-20(17(9-19-16)12(3)4)14-6-13(18)7-15(8-14)21-5/h6-8,11-12,16-17,19H,9-10H2,1-5H3. The second-order valence-electron chi connectivity index (χ2n) is 6.57. The number of halogens is 1. The van der Waals surface area contributed by atoms with Crippen molar-refractivity contribution in [2.45, 2.75) is 39.8 Å². The quantitative estimate of drug-likeness (QED) is 0.886. The van der Waals surface area contributed by atoms with E-state index in [1.807, 2.05) is 6.07 Å². The molecule has 1 aliphatic heterocycles. The van der Waals surface area contributed by atoms with Gasteiger partial charge in [-0.25, -0.2) is 0 Å². The minimum atomic E-state index is 0.513. The van der Waals surface area contributed by atoms with E-state index in [4.69, 9.17) is 4.74 Å². The Kier molecular flexibility index (Phi) is 5.55. The van der Waals surface area contributed by atoms with Gasteiger partial charge in [-0.1, -0.05) is 43.6 Å². The maximum absolute atomic E-state index is 5.42. The molecule has 1 aromatic carbocycles. The molecule has 2 unspecified atom stereocenters. The topological polar surface area (TPSA) is 24.5 Å². The second kappa shape index (κ2) is 7.01. The molecule has 1 aliphatic rings. The summed E-state index contributed by atoms with van der Waals surface area (Å²) in [5.74, 6) is 2.15. The Hall–Kier alpha value is -0.740. The fourth-order valence-electron chi connectivity index (χ4n) is 2.96. The highest BCUT2D eigenvalue weighted by Gasteiger charge is 2.31. The number of ether oxygens (including phenoxy) is 1. The Morgan fingerprint density at radius 3 is 2.48 bits per heavy atom. The van der Waals surface area contributed by atoms with Gasteiger partial charge in [0.1, 0.15) is 5.75 Å². The van der Waals surface area contributed by atoms with Crippen LogP contribution in [0.15, 0.2) is 22.7 Å². The Morgan fingerprint density at radius 2 is 1.90 bits per heavy atom. The predicted molar refractivity (Wildman–Crippen MR) is 93.3 cm³/mol. The van der Waals surface area contributed by atoms with Gasteiger partial charge in [-0.2, -0.15) is 0 Å². The molecule has 1 N–H and O–H groups in total. The van der Waals surface area contributed by atoms with Crippen LogP contribution in [0, 0.1) is 11.8 Å². The van der Waals surface area contributed by atoms with Crippen LogP contribution in [0.4, 0.5) is 5.69 Å². The fraction of sp³-hybridized carbons (Fsp3) is 0.647. The van der Waals surface area contributed by atoms with Gasteiger partial charge >= 0.3 is 0 Å². The second-order valence-corrected chi connectivity index (χ2v) is 7.49. The van der Waals surface area contributed by atoms with E-state index in [0.717, 1.165) is 23.3 Å². The molecule has 4 heteroatoms. The van der Waals surface area contributed by atoms with Crippen molar-refractivity contribution in [3.05, 3.63) is 22.7 Å². The van der Waals surface area contributed by atoms with Crippen LogP contribution >= 0.6 is 15.9 Å². The zero-order chi connectivity index (χ0) is 15.6. The minimum Gasteiger partial charge on any atom is -0.497 e. The van der Waals surface area contributed by atoms with Gasteiger partial charge < -0.3 is 15.0 Å². The van der Waals surface area contributed by atoms with E-state index in [1.54, 1.807) is 7.11 Å². The summed E-state index contributed by atoms with van der Waals surface area (Å²) >= 11 is 3.60. The van der Waals surface area contributed by atoms with Gasteiger partial charge in [-0.3, -0.25) is 0 Å². The molecule has 0 radical (unpaired) electrons. The molecule has 2 rings (SSSR count). The Labute approximate surface area is 137 Å². The molecule has 3 nitrogen and oxygen atoms in total. The van der Waals surface area contributed by atoms with E-state index in [2.05, 4.69) is 66.0 Å². The summed E-state index contributed by atoms with van der Waals surface area (Å²) < 4.78 is 6.49. The van der Waals surface area contributed by atoms with Crippen LogP contribution in [-0.4, -0.2) is 32.3 Å². The van der Waals surface area contributed by atoms with Gasteiger partial charge in [0.2, 0.25) is 0 Å². The molecule has 0 aliphatic carbocycles. The summed E-state index contributed by atoms with van der Waals surface area (Å²) in [7, 11) is 1.72. The molecule has 1 fully saturated rings. The highest BCUT2D eigenvalue weighted by molar-refractivity contribution is 9.10. The first-order valence-electron chi connectivity index (χ1n) is 7.77. The first kappa shape index (κ1) is 16.6. The van der Waals surface area contributed by atoms with Crippen molar-refractivity contribution in [2.24, 2.45) is 11.8 Å². The van der Waals surface area contributed by atoms with Gasteiger partial charge in [0, 0.05) is 41.4 Å². The van der Waals surface area contributed by atoms with E-state index >= 15 is 0 Å². The average molecular weight is 355 g/mol. The highest BCUT2D eigenvalue weighted by Crippen LogP contribution is 2.31. The van der Waals surface area contributed by atoms with Crippen LogP contribution < -0.4 is 15.0 Å². The van der Waals surface area contributed by atoms with Crippen LogP contribution in [0.5, 0.6) is 5.75 Å². The molecule has 0 amide bonds. The van der Waals surface area contributed by atoms with Gasteiger partial charge in [0.25, 0.3) is 0 Å². The van der Waals surface area contributed by atoms with Crippen LogP contribution in [0.3, 0.4) is 0 Å². The number of rotatable bonds is 4. The molecule has 0 saturated carbocycles. The third kappa shape index (κ3) is 3.92.